The Labute approximate surface area is 240 Å². The van der Waals surface area contributed by atoms with Crippen LogP contribution >= 0.6 is 11.6 Å². The van der Waals surface area contributed by atoms with Gasteiger partial charge < -0.3 is 34.4 Å². The Balaban J connectivity index is 2.04. The Hall–Kier alpha value is -2.63. The lowest BCUT2D eigenvalue weighted by atomic mass is 9.83. The number of alkyl carbamates (subject to hydrolysis) is 1. The quantitative estimate of drug-likeness (QED) is 0.417. The summed E-state index contributed by atoms with van der Waals surface area (Å²) in [7, 11) is 4.49. The normalized spacial score (nSPS) is 34.6. The first-order valence-corrected chi connectivity index (χ1v) is 13.7. The fraction of sp³-hybridized carbons (Fsp3) is 0.586. The first-order valence-electron chi connectivity index (χ1n) is 13.3. The van der Waals surface area contributed by atoms with Crippen molar-refractivity contribution in [3.63, 3.8) is 0 Å². The third-order valence-corrected chi connectivity index (χ3v) is 8.20. The number of aliphatic hydroxyl groups excluding tert-OH is 1. The van der Waals surface area contributed by atoms with Crippen LogP contribution in [-0.2, 0) is 20.7 Å². The van der Waals surface area contributed by atoms with Crippen molar-refractivity contribution in [2.45, 2.75) is 82.5 Å². The monoisotopic (exact) mass is 580 g/mol. The van der Waals surface area contributed by atoms with Crippen LogP contribution in [0.5, 0.6) is 5.75 Å². The Morgan fingerprint density at radius 2 is 1.93 bits per heavy atom. The first kappa shape index (κ1) is 31.9. The molecule has 222 valence electrons. The van der Waals surface area contributed by atoms with E-state index in [0.717, 1.165) is 11.1 Å². The smallest absolute Gasteiger partial charge is 0.409 e. The van der Waals surface area contributed by atoms with Gasteiger partial charge in [0, 0.05) is 20.6 Å². The molecule has 2 amide bonds. The molecule has 3 rings (SSSR count). The summed E-state index contributed by atoms with van der Waals surface area (Å²) in [6.07, 6.45) is 2.27. The predicted octanol–water partition coefficient (Wildman–Crippen LogP) is 3.49. The van der Waals surface area contributed by atoms with Gasteiger partial charge in [-0.25, -0.2) is 4.79 Å². The van der Waals surface area contributed by atoms with Crippen LogP contribution in [0, 0.1) is 5.92 Å². The zero-order chi connectivity index (χ0) is 29.8. The van der Waals surface area contributed by atoms with E-state index in [1.165, 1.54) is 26.0 Å². The van der Waals surface area contributed by atoms with E-state index in [-0.39, 0.29) is 30.2 Å². The minimum atomic E-state index is -1.72. The lowest BCUT2D eigenvalue weighted by molar-refractivity contribution is -0.143. The number of ether oxygens (including phenoxy) is 3. The summed E-state index contributed by atoms with van der Waals surface area (Å²) >= 11 is 6.56. The van der Waals surface area contributed by atoms with Crippen LogP contribution in [0.1, 0.15) is 52.0 Å². The number of methoxy groups -OCH3 is 2. The van der Waals surface area contributed by atoms with Crippen LogP contribution in [0.25, 0.3) is 0 Å². The first-order chi connectivity index (χ1) is 18.7. The molecular weight excluding hydrogens is 540 g/mol. The molecule has 6 atom stereocenters. The number of anilines is 1. The second-order valence-electron chi connectivity index (χ2n) is 11.1. The van der Waals surface area contributed by atoms with Gasteiger partial charge in [0.2, 0.25) is 5.91 Å². The molecule has 0 unspecified atom stereocenters. The van der Waals surface area contributed by atoms with Gasteiger partial charge in [-0.2, -0.15) is 0 Å². The second-order valence-corrected chi connectivity index (χ2v) is 11.5. The number of benzene rings is 1. The number of fused-ring (bicyclic) bond motifs is 4. The van der Waals surface area contributed by atoms with Crippen molar-refractivity contribution >= 4 is 29.3 Å². The van der Waals surface area contributed by atoms with Gasteiger partial charge in [0.1, 0.15) is 23.0 Å². The number of allylic oxidation sites excluding steroid dienone is 3. The molecule has 4 bridgehead atoms. The molecule has 1 aromatic rings. The van der Waals surface area contributed by atoms with Crippen LogP contribution in [0.2, 0.25) is 5.02 Å². The molecule has 0 saturated carbocycles. The van der Waals surface area contributed by atoms with E-state index < -0.39 is 41.6 Å². The molecule has 0 aliphatic carbocycles. The lowest BCUT2D eigenvalue weighted by Crippen LogP contribution is -2.63. The van der Waals surface area contributed by atoms with Gasteiger partial charge in [0.25, 0.3) is 0 Å². The molecule has 2 aliphatic rings. The van der Waals surface area contributed by atoms with Gasteiger partial charge in [0.15, 0.2) is 5.72 Å². The van der Waals surface area contributed by atoms with Crippen molar-refractivity contribution in [2.24, 2.45) is 5.92 Å². The molecule has 1 aromatic carbocycles. The highest BCUT2D eigenvalue weighted by Gasteiger charge is 2.46. The van der Waals surface area contributed by atoms with Crippen LogP contribution in [-0.4, -0.2) is 78.2 Å². The average Bonchev–Trinajstić information content (AvgIpc) is 2.88. The van der Waals surface area contributed by atoms with Gasteiger partial charge in [-0.15, -0.1) is 0 Å². The van der Waals surface area contributed by atoms with Crippen molar-refractivity contribution in [3.8, 4) is 5.75 Å². The Morgan fingerprint density at radius 1 is 1.23 bits per heavy atom. The number of carbonyl (C=O) groups is 2. The molecule has 40 heavy (non-hydrogen) atoms. The van der Waals surface area contributed by atoms with Crippen molar-refractivity contribution in [1.29, 1.82) is 0 Å². The summed E-state index contributed by atoms with van der Waals surface area (Å²) in [6.45, 7) is 5.23. The highest BCUT2D eigenvalue weighted by atomic mass is 35.5. The number of nitrogens with zero attached hydrogens (tertiary/aromatic N) is 1. The number of hydrogen-bond donors (Lipinski definition) is 4. The summed E-state index contributed by atoms with van der Waals surface area (Å²) < 4.78 is 16.5. The lowest BCUT2D eigenvalue weighted by Gasteiger charge is -2.42. The topological polar surface area (TPSA) is 138 Å². The van der Waals surface area contributed by atoms with E-state index in [0.29, 0.717) is 24.3 Å². The van der Waals surface area contributed by atoms with Gasteiger partial charge in [-0.3, -0.25) is 10.1 Å². The summed E-state index contributed by atoms with van der Waals surface area (Å²) in [4.78, 5) is 26.9. The van der Waals surface area contributed by atoms with Gasteiger partial charge >= 0.3 is 6.09 Å². The molecule has 0 aromatic heterocycles. The predicted molar refractivity (Wildman–Crippen MR) is 151 cm³/mol. The van der Waals surface area contributed by atoms with Crippen LogP contribution in [0.15, 0.2) is 35.9 Å². The summed E-state index contributed by atoms with van der Waals surface area (Å²) in [6, 6.07) is 3.57. The molecule has 2 heterocycles. The van der Waals surface area contributed by atoms with E-state index in [1.54, 1.807) is 31.3 Å². The number of amides is 2. The van der Waals surface area contributed by atoms with E-state index in [9.17, 15) is 24.9 Å². The highest BCUT2D eigenvalue weighted by Crippen LogP contribution is 2.37. The summed E-state index contributed by atoms with van der Waals surface area (Å²) in [5, 5.41) is 36.1. The number of nitrogens with one attached hydrogen (secondary N) is 1. The summed E-state index contributed by atoms with van der Waals surface area (Å²) in [5.41, 5.74) is -1.13. The second kappa shape index (κ2) is 12.9. The largest absolute Gasteiger partial charge is 0.495 e. The summed E-state index contributed by atoms with van der Waals surface area (Å²) in [5.74, 6) is -0.320. The third kappa shape index (κ3) is 7.36. The molecule has 2 aliphatic heterocycles. The highest BCUT2D eigenvalue weighted by molar-refractivity contribution is 6.35. The zero-order valence-corrected chi connectivity index (χ0v) is 24.7. The molecule has 1 saturated heterocycles. The molecule has 0 radical (unpaired) electrons. The molecule has 4 N–H and O–H groups in total. The van der Waals surface area contributed by atoms with Crippen molar-refractivity contribution in [1.82, 2.24) is 5.32 Å². The minimum absolute atomic E-state index is 0.0484. The molecule has 1 fully saturated rings. The number of rotatable bonds is 2. The van der Waals surface area contributed by atoms with Crippen molar-refractivity contribution in [2.75, 3.05) is 26.2 Å². The Morgan fingerprint density at radius 3 is 2.58 bits per heavy atom. The third-order valence-electron chi connectivity index (χ3n) is 7.83. The Kier molecular flexibility index (Phi) is 10.3. The fourth-order valence-corrected chi connectivity index (χ4v) is 5.36. The van der Waals surface area contributed by atoms with Gasteiger partial charge in [0.05, 0.1) is 30.9 Å². The van der Waals surface area contributed by atoms with Crippen LogP contribution in [0.3, 0.4) is 0 Å². The minimum Gasteiger partial charge on any atom is -0.495 e. The van der Waals surface area contributed by atoms with Crippen molar-refractivity contribution < 1.29 is 39.1 Å². The maximum absolute atomic E-state index is 13.2. The Bertz CT molecular complexity index is 1150. The van der Waals surface area contributed by atoms with E-state index >= 15 is 0 Å². The SMILES string of the molecule is COc1cc2cc(c1Cl)N(C)C(=O)C[C@H](O)[C@](C)(O)CC[C@H](C)[C@@H]1C[C@@](O)(NC(=O)O1)[C@H](OC)/C=C/C=C(\C)C2. The molecule has 11 heteroatoms. The van der Waals surface area contributed by atoms with Crippen LogP contribution < -0.4 is 15.0 Å². The molecule has 0 spiro atoms. The maximum atomic E-state index is 13.2. The number of halogens is 1. The average molecular weight is 581 g/mol. The zero-order valence-electron chi connectivity index (χ0n) is 23.9. The van der Waals surface area contributed by atoms with E-state index in [2.05, 4.69) is 5.32 Å². The fourth-order valence-electron chi connectivity index (χ4n) is 5.04. The van der Waals surface area contributed by atoms with E-state index in [1.807, 2.05) is 19.9 Å². The van der Waals surface area contributed by atoms with Crippen molar-refractivity contribution in [3.05, 3.63) is 46.5 Å². The van der Waals surface area contributed by atoms with Gasteiger partial charge in [-0.1, -0.05) is 42.3 Å². The number of hydrogen-bond acceptors (Lipinski definition) is 8. The van der Waals surface area contributed by atoms with E-state index in [4.69, 9.17) is 25.8 Å². The maximum Gasteiger partial charge on any atom is 0.409 e. The standard InChI is InChI=1S/C29H41ClN2O8/c1-17-8-7-9-24(39-6)29(37)16-22(40-27(35)31-29)18(2)10-11-28(3,36)23(33)15-25(34)32(4)20-13-19(12-17)14-21(38-5)26(20)30/h7-9,13-14,18,22-24,33,36-37H,10-12,15-16H2,1-6H3,(H,31,35)/b9-7+,17-8+/t18-,22-,23-,24+,28+,29-/m0/s1. The van der Waals surface area contributed by atoms with Gasteiger partial charge in [-0.05, 0) is 56.7 Å². The number of carbonyl (C=O) groups excluding carboxylic acids is 2. The molecule has 10 nitrogen and oxygen atoms in total. The molecular formula is C29H41ClN2O8. The van der Waals surface area contributed by atoms with Crippen LogP contribution in [0.4, 0.5) is 10.5 Å². The number of aliphatic hydroxyl groups is 3.